The van der Waals surface area contributed by atoms with E-state index in [1.54, 1.807) is 24.3 Å². The van der Waals surface area contributed by atoms with Crippen molar-refractivity contribution in [3.63, 3.8) is 0 Å². The van der Waals surface area contributed by atoms with Crippen LogP contribution in [0.2, 0.25) is 0 Å². The van der Waals surface area contributed by atoms with Crippen LogP contribution < -0.4 is 10.2 Å². The van der Waals surface area contributed by atoms with Crippen LogP contribution in [0.3, 0.4) is 0 Å². The van der Waals surface area contributed by atoms with Crippen LogP contribution in [0.25, 0.3) is 11.3 Å². The molecule has 2 aromatic carbocycles. The van der Waals surface area contributed by atoms with Crippen LogP contribution in [0.5, 0.6) is 0 Å². The van der Waals surface area contributed by atoms with Crippen molar-refractivity contribution in [1.29, 1.82) is 0 Å². The lowest BCUT2D eigenvalue weighted by Gasteiger charge is -2.29. The van der Waals surface area contributed by atoms with Crippen molar-refractivity contribution in [2.75, 3.05) is 23.3 Å². The van der Waals surface area contributed by atoms with E-state index in [0.717, 1.165) is 31.5 Å². The normalized spacial score (nSPS) is 14.2. The number of hydrogen-bond donors (Lipinski definition) is 1. The zero-order valence-corrected chi connectivity index (χ0v) is 15.0. The summed E-state index contributed by atoms with van der Waals surface area (Å²) in [5, 5.41) is 2.70. The van der Waals surface area contributed by atoms with Gasteiger partial charge in [0.2, 0.25) is 0 Å². The number of piperidine rings is 1. The number of amides is 1. The van der Waals surface area contributed by atoms with Gasteiger partial charge in [0, 0.05) is 24.3 Å². The number of anilines is 2. The molecule has 4 rings (SSSR count). The number of nitrogens with zero attached hydrogens (tertiary/aromatic N) is 1. The molecule has 1 fully saturated rings. The van der Waals surface area contributed by atoms with Gasteiger partial charge in [-0.3, -0.25) is 4.79 Å². The molecule has 0 spiro atoms. The van der Waals surface area contributed by atoms with E-state index in [-0.39, 0.29) is 11.6 Å². The molecule has 5 heteroatoms. The third-order valence-electron chi connectivity index (χ3n) is 4.79. The minimum absolute atomic E-state index is 0.189. The van der Waals surface area contributed by atoms with E-state index in [1.807, 2.05) is 30.3 Å². The Morgan fingerprint density at radius 1 is 0.963 bits per heavy atom. The van der Waals surface area contributed by atoms with E-state index < -0.39 is 5.91 Å². The molecule has 3 aromatic rings. The number of halogens is 1. The number of carbonyl (C=O) groups is 1. The van der Waals surface area contributed by atoms with Gasteiger partial charge < -0.3 is 14.6 Å². The second-order valence-corrected chi connectivity index (χ2v) is 6.70. The number of carbonyl (C=O) groups excluding carboxylic acids is 1. The molecule has 27 heavy (non-hydrogen) atoms. The van der Waals surface area contributed by atoms with Crippen LogP contribution in [0.15, 0.2) is 65.1 Å². The predicted molar refractivity (Wildman–Crippen MR) is 105 cm³/mol. The first-order chi connectivity index (χ1) is 13.2. The number of benzene rings is 2. The van der Waals surface area contributed by atoms with Gasteiger partial charge in [-0.25, -0.2) is 4.39 Å². The number of furan rings is 1. The molecule has 2 heterocycles. The van der Waals surface area contributed by atoms with Crippen molar-refractivity contribution in [3.8, 4) is 11.3 Å². The maximum atomic E-state index is 14.5. The molecule has 1 N–H and O–H groups in total. The molecule has 1 aliphatic heterocycles. The molecule has 1 aromatic heterocycles. The minimum atomic E-state index is -0.401. The van der Waals surface area contributed by atoms with E-state index in [4.69, 9.17) is 4.42 Å². The maximum absolute atomic E-state index is 14.5. The van der Waals surface area contributed by atoms with Crippen molar-refractivity contribution in [3.05, 3.63) is 72.2 Å². The van der Waals surface area contributed by atoms with E-state index in [2.05, 4.69) is 10.2 Å². The second-order valence-electron chi connectivity index (χ2n) is 6.70. The van der Waals surface area contributed by atoms with Crippen LogP contribution in [-0.4, -0.2) is 19.0 Å². The fourth-order valence-corrected chi connectivity index (χ4v) is 3.39. The van der Waals surface area contributed by atoms with Gasteiger partial charge in [-0.2, -0.15) is 0 Å². The summed E-state index contributed by atoms with van der Waals surface area (Å²) in [6, 6.07) is 17.8. The average Bonchev–Trinajstić information content (AvgIpc) is 3.20. The van der Waals surface area contributed by atoms with Crippen molar-refractivity contribution in [1.82, 2.24) is 0 Å². The van der Waals surface area contributed by atoms with E-state index in [0.29, 0.717) is 17.1 Å². The van der Waals surface area contributed by atoms with Crippen LogP contribution >= 0.6 is 0 Å². The SMILES string of the molecule is O=C(Nc1ccc(N2CCCCC2)c(F)c1)c1ccc(-c2ccccc2)o1. The first-order valence-electron chi connectivity index (χ1n) is 9.22. The molecule has 4 nitrogen and oxygen atoms in total. The maximum Gasteiger partial charge on any atom is 0.291 e. The summed E-state index contributed by atoms with van der Waals surface area (Å²) < 4.78 is 20.1. The lowest BCUT2D eigenvalue weighted by atomic mass is 10.1. The highest BCUT2D eigenvalue weighted by atomic mass is 19.1. The summed E-state index contributed by atoms with van der Waals surface area (Å²) in [6.45, 7) is 1.74. The first-order valence-corrected chi connectivity index (χ1v) is 9.22. The van der Waals surface area contributed by atoms with E-state index >= 15 is 0 Å². The van der Waals surface area contributed by atoms with Gasteiger partial charge in [0.25, 0.3) is 5.91 Å². The van der Waals surface area contributed by atoms with Crippen LogP contribution in [0.1, 0.15) is 29.8 Å². The molecule has 0 bridgehead atoms. The van der Waals surface area contributed by atoms with Gasteiger partial charge in [-0.05, 0) is 49.6 Å². The minimum Gasteiger partial charge on any atom is -0.451 e. The Hall–Kier alpha value is -3.08. The largest absolute Gasteiger partial charge is 0.451 e. The van der Waals surface area contributed by atoms with Crippen molar-refractivity contribution >= 4 is 17.3 Å². The topological polar surface area (TPSA) is 45.5 Å². The zero-order valence-electron chi connectivity index (χ0n) is 15.0. The highest BCUT2D eigenvalue weighted by Gasteiger charge is 2.17. The molecule has 138 valence electrons. The Morgan fingerprint density at radius 3 is 2.48 bits per heavy atom. The molecular weight excluding hydrogens is 343 g/mol. The third kappa shape index (κ3) is 3.87. The molecule has 0 unspecified atom stereocenters. The van der Waals surface area contributed by atoms with Gasteiger partial charge in [-0.1, -0.05) is 30.3 Å². The van der Waals surface area contributed by atoms with Gasteiger partial charge >= 0.3 is 0 Å². The lowest BCUT2D eigenvalue weighted by molar-refractivity contribution is 0.0997. The molecule has 0 radical (unpaired) electrons. The predicted octanol–water partition coefficient (Wildman–Crippen LogP) is 5.33. The summed E-state index contributed by atoms with van der Waals surface area (Å²) >= 11 is 0. The molecule has 0 atom stereocenters. The van der Waals surface area contributed by atoms with Crippen molar-refractivity contribution in [2.45, 2.75) is 19.3 Å². The smallest absolute Gasteiger partial charge is 0.291 e. The summed E-state index contributed by atoms with van der Waals surface area (Å²) in [5.41, 5.74) is 1.90. The van der Waals surface area contributed by atoms with Gasteiger partial charge in [0.15, 0.2) is 5.76 Å². The van der Waals surface area contributed by atoms with Crippen LogP contribution in [-0.2, 0) is 0 Å². The van der Waals surface area contributed by atoms with Crippen molar-refractivity contribution < 1.29 is 13.6 Å². The summed E-state index contributed by atoms with van der Waals surface area (Å²) in [5.74, 6) is 0.0863. The Morgan fingerprint density at radius 2 is 1.74 bits per heavy atom. The first kappa shape index (κ1) is 17.3. The monoisotopic (exact) mass is 364 g/mol. The zero-order chi connectivity index (χ0) is 18.6. The second kappa shape index (κ2) is 7.66. The number of nitrogens with one attached hydrogen (secondary N) is 1. The fourth-order valence-electron chi connectivity index (χ4n) is 3.39. The molecule has 0 aliphatic carbocycles. The highest BCUT2D eigenvalue weighted by Crippen LogP contribution is 2.27. The van der Waals surface area contributed by atoms with E-state index in [1.165, 1.54) is 12.5 Å². The fraction of sp³-hybridized carbons (Fsp3) is 0.227. The summed E-state index contributed by atoms with van der Waals surface area (Å²) in [6.07, 6.45) is 3.36. The van der Waals surface area contributed by atoms with Crippen molar-refractivity contribution in [2.24, 2.45) is 0 Å². The Bertz CT molecular complexity index is 930. The average molecular weight is 364 g/mol. The van der Waals surface area contributed by atoms with Crippen LogP contribution in [0, 0.1) is 5.82 Å². The van der Waals surface area contributed by atoms with Gasteiger partial charge in [-0.15, -0.1) is 0 Å². The summed E-state index contributed by atoms with van der Waals surface area (Å²) in [7, 11) is 0. The Balaban J connectivity index is 1.47. The van der Waals surface area contributed by atoms with E-state index in [9.17, 15) is 9.18 Å². The molecule has 1 saturated heterocycles. The quantitative estimate of drug-likeness (QED) is 0.681. The molecule has 1 amide bonds. The lowest BCUT2D eigenvalue weighted by Crippen LogP contribution is -2.30. The molecule has 1 aliphatic rings. The Kier molecular flexibility index (Phi) is 4.92. The molecule has 0 saturated carbocycles. The molecular formula is C22H21FN2O2. The van der Waals surface area contributed by atoms with Crippen LogP contribution in [0.4, 0.5) is 15.8 Å². The van der Waals surface area contributed by atoms with Gasteiger partial charge in [0.1, 0.15) is 11.6 Å². The number of hydrogen-bond acceptors (Lipinski definition) is 3. The summed E-state index contributed by atoms with van der Waals surface area (Å²) in [4.78, 5) is 14.5. The number of rotatable bonds is 4. The standard InChI is InChI=1S/C22H21FN2O2/c23-18-15-17(9-10-19(18)25-13-5-2-6-14-25)24-22(26)21-12-11-20(27-21)16-7-3-1-4-8-16/h1,3-4,7-12,15H,2,5-6,13-14H2,(H,24,26). The van der Waals surface area contributed by atoms with Gasteiger partial charge in [0.05, 0.1) is 5.69 Å². The Labute approximate surface area is 157 Å². The highest BCUT2D eigenvalue weighted by molar-refractivity contribution is 6.02. The third-order valence-corrected chi connectivity index (χ3v) is 4.79.